The van der Waals surface area contributed by atoms with E-state index in [0.717, 1.165) is 6.42 Å². The van der Waals surface area contributed by atoms with Crippen LogP contribution in [-0.2, 0) is 4.74 Å². The van der Waals surface area contributed by atoms with Crippen LogP contribution in [0.4, 0.5) is 0 Å². The Balaban J connectivity index is 2.04. The second-order valence-electron chi connectivity index (χ2n) is 4.33. The lowest BCUT2D eigenvalue weighted by atomic mass is 10.1. The van der Waals surface area contributed by atoms with Crippen molar-refractivity contribution in [3.05, 3.63) is 34.9 Å². The maximum atomic E-state index is 12.3. The van der Waals surface area contributed by atoms with Gasteiger partial charge in [0.15, 0.2) is 0 Å². The Bertz CT molecular complexity index is 423. The van der Waals surface area contributed by atoms with E-state index in [0.29, 0.717) is 36.8 Å². The SMILES string of the molecule is NCCC1CN(C(=O)c2cccc(Cl)c2)CCO1. The highest BCUT2D eigenvalue weighted by Crippen LogP contribution is 2.15. The molecular weight excluding hydrogens is 252 g/mol. The average molecular weight is 269 g/mol. The lowest BCUT2D eigenvalue weighted by Crippen LogP contribution is -2.46. The molecule has 5 heteroatoms. The maximum Gasteiger partial charge on any atom is 0.254 e. The van der Waals surface area contributed by atoms with Gasteiger partial charge >= 0.3 is 0 Å². The number of carbonyl (C=O) groups is 1. The number of hydrogen-bond donors (Lipinski definition) is 1. The largest absolute Gasteiger partial charge is 0.374 e. The van der Waals surface area contributed by atoms with Gasteiger partial charge in [0.1, 0.15) is 0 Å². The number of morpholine rings is 1. The van der Waals surface area contributed by atoms with Crippen molar-refractivity contribution in [1.29, 1.82) is 0 Å². The van der Waals surface area contributed by atoms with Crippen molar-refractivity contribution in [1.82, 2.24) is 4.90 Å². The summed E-state index contributed by atoms with van der Waals surface area (Å²) >= 11 is 5.89. The highest BCUT2D eigenvalue weighted by molar-refractivity contribution is 6.30. The zero-order valence-electron chi connectivity index (χ0n) is 10.1. The highest BCUT2D eigenvalue weighted by Gasteiger charge is 2.24. The number of carbonyl (C=O) groups excluding carboxylic acids is 1. The van der Waals surface area contributed by atoms with Gasteiger partial charge in [-0.15, -0.1) is 0 Å². The highest BCUT2D eigenvalue weighted by atomic mass is 35.5. The summed E-state index contributed by atoms with van der Waals surface area (Å²) in [6, 6.07) is 7.02. The fourth-order valence-electron chi connectivity index (χ4n) is 2.07. The maximum absolute atomic E-state index is 12.3. The monoisotopic (exact) mass is 268 g/mol. The number of halogens is 1. The predicted molar refractivity (Wildman–Crippen MR) is 70.8 cm³/mol. The number of nitrogens with zero attached hydrogens (tertiary/aromatic N) is 1. The number of rotatable bonds is 3. The Labute approximate surface area is 112 Å². The minimum atomic E-state index is 0.00261. The molecule has 1 aliphatic heterocycles. The Hall–Kier alpha value is -1.10. The third-order valence-electron chi connectivity index (χ3n) is 2.99. The third-order valence-corrected chi connectivity index (χ3v) is 3.22. The first-order chi connectivity index (χ1) is 8.70. The second kappa shape index (κ2) is 6.18. The van der Waals surface area contributed by atoms with Crippen LogP contribution in [0.1, 0.15) is 16.8 Å². The number of hydrogen-bond acceptors (Lipinski definition) is 3. The van der Waals surface area contributed by atoms with Crippen molar-refractivity contribution in [3.8, 4) is 0 Å². The van der Waals surface area contributed by atoms with Gasteiger partial charge in [-0.2, -0.15) is 0 Å². The topological polar surface area (TPSA) is 55.6 Å². The van der Waals surface area contributed by atoms with Crippen molar-refractivity contribution in [2.75, 3.05) is 26.2 Å². The Kier molecular flexibility index (Phi) is 4.58. The molecule has 1 atom stereocenters. The van der Waals surface area contributed by atoms with E-state index < -0.39 is 0 Å². The lowest BCUT2D eigenvalue weighted by Gasteiger charge is -2.33. The van der Waals surface area contributed by atoms with E-state index in [4.69, 9.17) is 22.1 Å². The first-order valence-corrected chi connectivity index (χ1v) is 6.45. The van der Waals surface area contributed by atoms with E-state index in [1.165, 1.54) is 0 Å². The predicted octanol–water partition coefficient (Wildman–Crippen LogP) is 1.53. The molecule has 0 aliphatic carbocycles. The molecule has 1 aromatic carbocycles. The molecule has 98 valence electrons. The minimum Gasteiger partial charge on any atom is -0.374 e. The van der Waals surface area contributed by atoms with E-state index in [-0.39, 0.29) is 12.0 Å². The Morgan fingerprint density at radius 2 is 2.39 bits per heavy atom. The normalized spacial score (nSPS) is 19.9. The van der Waals surface area contributed by atoms with Gasteiger partial charge in [-0.1, -0.05) is 17.7 Å². The molecule has 1 heterocycles. The van der Waals surface area contributed by atoms with Crippen LogP contribution < -0.4 is 5.73 Å². The molecule has 1 aromatic rings. The molecule has 2 rings (SSSR count). The van der Waals surface area contributed by atoms with Crippen LogP contribution in [-0.4, -0.2) is 43.2 Å². The molecule has 1 aliphatic rings. The standard InChI is InChI=1S/C13H17ClN2O2/c14-11-3-1-2-10(8-11)13(17)16-6-7-18-12(9-16)4-5-15/h1-3,8,12H,4-7,9,15H2. The Morgan fingerprint density at radius 3 is 3.11 bits per heavy atom. The van der Waals surface area contributed by atoms with Crippen molar-refractivity contribution < 1.29 is 9.53 Å². The van der Waals surface area contributed by atoms with Gasteiger partial charge in [0.25, 0.3) is 5.91 Å². The summed E-state index contributed by atoms with van der Waals surface area (Å²) in [6.45, 7) is 2.36. The number of nitrogens with two attached hydrogens (primary N) is 1. The summed E-state index contributed by atoms with van der Waals surface area (Å²) in [5, 5.41) is 0.576. The molecule has 18 heavy (non-hydrogen) atoms. The van der Waals surface area contributed by atoms with Crippen LogP contribution in [0.3, 0.4) is 0 Å². The van der Waals surface area contributed by atoms with E-state index in [1.54, 1.807) is 29.2 Å². The number of benzene rings is 1. The first kappa shape index (κ1) is 13.3. The molecular formula is C13H17ClN2O2. The molecule has 0 bridgehead atoms. The van der Waals surface area contributed by atoms with Gasteiger partial charge in [-0.05, 0) is 31.2 Å². The van der Waals surface area contributed by atoms with Gasteiger partial charge in [0.2, 0.25) is 0 Å². The van der Waals surface area contributed by atoms with Crippen LogP contribution in [0.25, 0.3) is 0 Å². The number of ether oxygens (including phenoxy) is 1. The summed E-state index contributed by atoms with van der Waals surface area (Å²) in [5.74, 6) is 0.00261. The van der Waals surface area contributed by atoms with E-state index in [2.05, 4.69) is 0 Å². The summed E-state index contributed by atoms with van der Waals surface area (Å²) in [5.41, 5.74) is 6.13. The van der Waals surface area contributed by atoms with Crippen molar-refractivity contribution >= 4 is 17.5 Å². The summed E-state index contributed by atoms with van der Waals surface area (Å²) in [4.78, 5) is 14.1. The quantitative estimate of drug-likeness (QED) is 0.905. The van der Waals surface area contributed by atoms with Gasteiger partial charge in [-0.3, -0.25) is 4.79 Å². The average Bonchev–Trinajstić information content (AvgIpc) is 2.39. The fraction of sp³-hybridized carbons (Fsp3) is 0.462. The third kappa shape index (κ3) is 3.22. The molecule has 0 radical (unpaired) electrons. The van der Waals surface area contributed by atoms with Crippen LogP contribution in [0, 0.1) is 0 Å². The van der Waals surface area contributed by atoms with Gasteiger partial charge in [-0.25, -0.2) is 0 Å². The van der Waals surface area contributed by atoms with Gasteiger partial charge in [0.05, 0.1) is 12.7 Å². The summed E-state index contributed by atoms with van der Waals surface area (Å²) in [7, 11) is 0. The molecule has 2 N–H and O–H groups in total. The first-order valence-electron chi connectivity index (χ1n) is 6.07. The van der Waals surface area contributed by atoms with Crippen LogP contribution in [0.15, 0.2) is 24.3 Å². The smallest absolute Gasteiger partial charge is 0.254 e. The van der Waals surface area contributed by atoms with Crippen LogP contribution in [0.2, 0.25) is 5.02 Å². The molecule has 0 spiro atoms. The van der Waals surface area contributed by atoms with E-state index in [9.17, 15) is 4.79 Å². The van der Waals surface area contributed by atoms with Gasteiger partial charge < -0.3 is 15.4 Å². The molecule has 0 aromatic heterocycles. The van der Waals surface area contributed by atoms with Crippen molar-refractivity contribution in [3.63, 3.8) is 0 Å². The molecule has 1 fully saturated rings. The van der Waals surface area contributed by atoms with Crippen LogP contribution in [0.5, 0.6) is 0 Å². The minimum absolute atomic E-state index is 0.00261. The Morgan fingerprint density at radius 1 is 1.56 bits per heavy atom. The zero-order chi connectivity index (χ0) is 13.0. The zero-order valence-corrected chi connectivity index (χ0v) is 10.9. The molecule has 1 unspecified atom stereocenters. The lowest BCUT2D eigenvalue weighted by molar-refractivity contribution is -0.0236. The second-order valence-corrected chi connectivity index (χ2v) is 4.77. The summed E-state index contributed by atoms with van der Waals surface area (Å²) in [6.07, 6.45) is 0.825. The summed E-state index contributed by atoms with van der Waals surface area (Å²) < 4.78 is 5.56. The van der Waals surface area contributed by atoms with Crippen molar-refractivity contribution in [2.24, 2.45) is 5.73 Å². The van der Waals surface area contributed by atoms with E-state index >= 15 is 0 Å². The number of amides is 1. The van der Waals surface area contributed by atoms with Crippen molar-refractivity contribution in [2.45, 2.75) is 12.5 Å². The molecule has 1 saturated heterocycles. The molecule has 0 saturated carbocycles. The van der Waals surface area contributed by atoms with E-state index in [1.807, 2.05) is 0 Å². The van der Waals surface area contributed by atoms with Crippen LogP contribution >= 0.6 is 11.6 Å². The fourth-order valence-corrected chi connectivity index (χ4v) is 2.26. The van der Waals surface area contributed by atoms with Gasteiger partial charge in [0, 0.05) is 23.7 Å². The molecule has 4 nitrogen and oxygen atoms in total. The molecule has 1 amide bonds.